The molecule has 0 bridgehead atoms. The number of nitrogens with zero attached hydrogens (tertiary/aromatic N) is 2. The number of esters is 1. The van der Waals surface area contributed by atoms with E-state index in [-0.39, 0.29) is 0 Å². The highest BCUT2D eigenvalue weighted by molar-refractivity contribution is 7.17. The highest BCUT2D eigenvalue weighted by atomic mass is 35.5. The Morgan fingerprint density at radius 3 is 2.89 bits per heavy atom. The molecule has 0 amide bonds. The largest absolute Gasteiger partial charge is 0.394 e. The quantitative estimate of drug-likeness (QED) is 0.452. The lowest BCUT2D eigenvalue weighted by atomic mass is 9.88. The highest BCUT2D eigenvalue weighted by Gasteiger charge is 2.26. The lowest BCUT2D eigenvalue weighted by Crippen LogP contribution is -2.09. The normalized spacial score (nSPS) is 16.1. The van der Waals surface area contributed by atoms with Gasteiger partial charge < -0.3 is 4.74 Å². The van der Waals surface area contributed by atoms with E-state index in [1.54, 1.807) is 6.20 Å². The van der Waals surface area contributed by atoms with Crippen LogP contribution >= 0.6 is 34.3 Å². The van der Waals surface area contributed by atoms with Gasteiger partial charge in [0, 0.05) is 21.4 Å². The van der Waals surface area contributed by atoms with E-state index in [1.807, 2.05) is 24.3 Å². The number of benzene rings is 1. The second-order valence-corrected chi connectivity index (χ2v) is 9.11. The Kier molecular flexibility index (Phi) is 5.57. The number of hydrogen-bond donors (Lipinski definition) is 0. The van der Waals surface area contributed by atoms with Crippen LogP contribution in [-0.4, -0.2) is 15.9 Å². The summed E-state index contributed by atoms with van der Waals surface area (Å²) in [7, 11) is 0. The van der Waals surface area contributed by atoms with Gasteiger partial charge in [-0.15, -0.1) is 11.3 Å². The van der Waals surface area contributed by atoms with Crippen molar-refractivity contribution in [3.8, 4) is 15.8 Å². The summed E-state index contributed by atoms with van der Waals surface area (Å²) in [5.74, 6) is 0.105. The molecule has 27 heavy (non-hydrogen) atoms. The molecule has 1 aliphatic carbocycles. The van der Waals surface area contributed by atoms with E-state index in [0.717, 1.165) is 35.5 Å². The predicted molar refractivity (Wildman–Crippen MR) is 110 cm³/mol. The molecule has 0 aliphatic heterocycles. The van der Waals surface area contributed by atoms with Gasteiger partial charge in [0.15, 0.2) is 0 Å². The zero-order valence-corrected chi connectivity index (χ0v) is 17.3. The van der Waals surface area contributed by atoms with E-state index in [1.165, 1.54) is 40.4 Å². The SMILES string of the molecule is CCCC1CCCc2sc(OC(=O)c3cnc(-c4ccc(Cl)cc4)s3)nc21. The summed E-state index contributed by atoms with van der Waals surface area (Å²) in [6, 6.07) is 7.39. The predicted octanol–water partition coefficient (Wildman–Crippen LogP) is 6.36. The Morgan fingerprint density at radius 1 is 1.30 bits per heavy atom. The number of thiazole rings is 2. The summed E-state index contributed by atoms with van der Waals surface area (Å²) < 4.78 is 5.57. The van der Waals surface area contributed by atoms with Crippen molar-refractivity contribution >= 4 is 40.2 Å². The molecule has 0 saturated carbocycles. The first-order valence-electron chi connectivity index (χ1n) is 9.07. The standard InChI is InChI=1S/C20H19ClN2O2S2/c1-2-4-12-5-3-6-15-17(12)23-20(27-15)25-19(24)16-11-22-18(26-16)13-7-9-14(21)10-8-13/h7-12H,2-6H2,1H3. The molecule has 140 valence electrons. The smallest absolute Gasteiger partial charge is 0.357 e. The average Bonchev–Trinajstić information content (AvgIpc) is 3.30. The van der Waals surface area contributed by atoms with Gasteiger partial charge in [0.05, 0.1) is 11.9 Å². The molecule has 4 nitrogen and oxygen atoms in total. The number of rotatable bonds is 5. The van der Waals surface area contributed by atoms with Crippen LogP contribution < -0.4 is 4.74 Å². The number of hydrogen-bond acceptors (Lipinski definition) is 6. The molecule has 7 heteroatoms. The number of aromatic nitrogens is 2. The second-order valence-electron chi connectivity index (χ2n) is 6.59. The van der Waals surface area contributed by atoms with Crippen LogP contribution in [0.3, 0.4) is 0 Å². The van der Waals surface area contributed by atoms with Crippen molar-refractivity contribution in [2.24, 2.45) is 0 Å². The Balaban J connectivity index is 1.49. The first-order chi connectivity index (χ1) is 13.1. The molecule has 1 aliphatic rings. The summed E-state index contributed by atoms with van der Waals surface area (Å²) >= 11 is 8.74. The molecule has 4 rings (SSSR count). The van der Waals surface area contributed by atoms with E-state index in [2.05, 4.69) is 16.9 Å². The molecular formula is C20H19ClN2O2S2. The van der Waals surface area contributed by atoms with Crippen LogP contribution in [0.25, 0.3) is 10.6 Å². The monoisotopic (exact) mass is 418 g/mol. The van der Waals surface area contributed by atoms with E-state index in [4.69, 9.17) is 16.3 Å². The molecule has 3 aromatic rings. The number of aryl methyl sites for hydroxylation is 1. The fraction of sp³-hybridized carbons (Fsp3) is 0.350. The first kappa shape index (κ1) is 18.6. The molecule has 0 N–H and O–H groups in total. The summed E-state index contributed by atoms with van der Waals surface area (Å²) in [5, 5.41) is 1.89. The van der Waals surface area contributed by atoms with Gasteiger partial charge in [-0.05, 0) is 37.8 Å². The van der Waals surface area contributed by atoms with Gasteiger partial charge in [-0.25, -0.2) is 14.8 Å². The lowest BCUT2D eigenvalue weighted by Gasteiger charge is -2.19. The molecular weight excluding hydrogens is 400 g/mol. The molecule has 2 aromatic heterocycles. The molecule has 0 spiro atoms. The zero-order valence-electron chi connectivity index (χ0n) is 14.9. The average molecular weight is 419 g/mol. The third-order valence-corrected chi connectivity index (χ3v) is 6.95. The molecule has 0 fully saturated rings. The minimum absolute atomic E-state index is 0.397. The van der Waals surface area contributed by atoms with Crippen LogP contribution in [0.4, 0.5) is 0 Å². The minimum atomic E-state index is -0.397. The summed E-state index contributed by atoms with van der Waals surface area (Å²) in [4.78, 5) is 23.2. The fourth-order valence-electron chi connectivity index (χ4n) is 3.38. The number of halogens is 1. The van der Waals surface area contributed by atoms with Crippen molar-refractivity contribution < 1.29 is 9.53 Å². The Labute approximate surface area is 171 Å². The van der Waals surface area contributed by atoms with Gasteiger partial charge in [0.2, 0.25) is 0 Å². The van der Waals surface area contributed by atoms with Crippen molar-refractivity contribution in [3.63, 3.8) is 0 Å². The van der Waals surface area contributed by atoms with E-state index in [9.17, 15) is 4.79 Å². The van der Waals surface area contributed by atoms with Crippen LogP contribution in [0.1, 0.15) is 58.8 Å². The summed E-state index contributed by atoms with van der Waals surface area (Å²) in [5.41, 5.74) is 2.07. The topological polar surface area (TPSA) is 52.1 Å². The van der Waals surface area contributed by atoms with Crippen LogP contribution in [0.15, 0.2) is 30.5 Å². The van der Waals surface area contributed by atoms with Crippen molar-refractivity contribution in [1.82, 2.24) is 9.97 Å². The summed E-state index contributed by atoms with van der Waals surface area (Å²) in [6.45, 7) is 2.20. The van der Waals surface area contributed by atoms with Crippen LogP contribution in [-0.2, 0) is 6.42 Å². The number of fused-ring (bicyclic) bond motifs is 1. The lowest BCUT2D eigenvalue weighted by molar-refractivity contribution is 0.0739. The van der Waals surface area contributed by atoms with E-state index in [0.29, 0.717) is 21.0 Å². The van der Waals surface area contributed by atoms with Gasteiger partial charge in [0.25, 0.3) is 5.19 Å². The van der Waals surface area contributed by atoms with Gasteiger partial charge in [-0.3, -0.25) is 0 Å². The fourth-order valence-corrected chi connectivity index (χ4v) is 5.34. The number of carbonyl (C=O) groups is 1. The second kappa shape index (κ2) is 8.09. The van der Waals surface area contributed by atoms with Crippen LogP contribution in [0.5, 0.6) is 5.19 Å². The van der Waals surface area contributed by atoms with Gasteiger partial charge >= 0.3 is 5.97 Å². The Hall–Kier alpha value is -1.76. The van der Waals surface area contributed by atoms with E-state index >= 15 is 0 Å². The third-order valence-electron chi connectivity index (χ3n) is 4.67. The Bertz CT molecular complexity index is 949. The highest BCUT2D eigenvalue weighted by Crippen LogP contribution is 2.40. The minimum Gasteiger partial charge on any atom is -0.394 e. The van der Waals surface area contributed by atoms with Crippen LogP contribution in [0.2, 0.25) is 5.02 Å². The van der Waals surface area contributed by atoms with Crippen molar-refractivity contribution in [3.05, 3.63) is 50.9 Å². The first-order valence-corrected chi connectivity index (χ1v) is 11.1. The van der Waals surface area contributed by atoms with Crippen molar-refractivity contribution in [2.45, 2.75) is 44.9 Å². The maximum atomic E-state index is 12.5. The van der Waals surface area contributed by atoms with Crippen LogP contribution in [0, 0.1) is 0 Å². The molecule has 1 atom stereocenters. The van der Waals surface area contributed by atoms with Gasteiger partial charge in [0.1, 0.15) is 9.88 Å². The maximum Gasteiger partial charge on any atom is 0.357 e. The molecule has 1 aromatic carbocycles. The summed E-state index contributed by atoms with van der Waals surface area (Å²) in [6.07, 6.45) is 7.24. The van der Waals surface area contributed by atoms with E-state index < -0.39 is 5.97 Å². The third kappa shape index (κ3) is 4.08. The molecule has 1 unspecified atom stereocenters. The van der Waals surface area contributed by atoms with Crippen molar-refractivity contribution in [1.29, 1.82) is 0 Å². The zero-order chi connectivity index (χ0) is 18.8. The van der Waals surface area contributed by atoms with Crippen molar-refractivity contribution in [2.75, 3.05) is 0 Å². The van der Waals surface area contributed by atoms with Gasteiger partial charge in [-0.2, -0.15) is 0 Å². The Morgan fingerprint density at radius 2 is 2.11 bits per heavy atom. The molecule has 0 radical (unpaired) electrons. The number of ether oxygens (including phenoxy) is 1. The molecule has 0 saturated heterocycles. The molecule has 2 heterocycles. The maximum absolute atomic E-state index is 12.5. The van der Waals surface area contributed by atoms with Gasteiger partial charge in [-0.1, -0.05) is 48.4 Å². The number of carbonyl (C=O) groups excluding carboxylic acids is 1.